The van der Waals surface area contributed by atoms with Gasteiger partial charge in [0, 0.05) is 5.69 Å². The average molecular weight is 289 g/mol. The lowest BCUT2D eigenvalue weighted by molar-refractivity contribution is 0.0231. The maximum Gasteiger partial charge on any atom is 0.424 e. The molecule has 0 radical (unpaired) electrons. The lowest BCUT2D eigenvalue weighted by Gasteiger charge is -2.24. The Kier molecular flexibility index (Phi) is 4.23. The van der Waals surface area contributed by atoms with Crippen molar-refractivity contribution in [3.05, 3.63) is 42.5 Å². The van der Waals surface area contributed by atoms with E-state index in [1.807, 2.05) is 24.3 Å². The van der Waals surface area contributed by atoms with Crippen molar-refractivity contribution < 1.29 is 9.53 Å². The van der Waals surface area contributed by atoms with Crippen LogP contribution in [0.25, 0.3) is 5.69 Å². The van der Waals surface area contributed by atoms with Crippen molar-refractivity contribution in [2.75, 3.05) is 0 Å². The van der Waals surface area contributed by atoms with Crippen molar-refractivity contribution in [1.82, 2.24) is 19.8 Å². The molecule has 1 amide bonds. The third-order valence-electron chi connectivity index (χ3n) is 2.63. The van der Waals surface area contributed by atoms with Gasteiger partial charge >= 0.3 is 6.09 Å². The molecule has 0 aliphatic heterocycles. The van der Waals surface area contributed by atoms with Gasteiger partial charge in [0.05, 0.1) is 6.54 Å². The largest absolute Gasteiger partial charge is 0.443 e. The minimum Gasteiger partial charge on any atom is -0.443 e. The molecule has 0 unspecified atom stereocenters. The number of aromatic nitrogens is 3. The highest BCUT2D eigenvalue weighted by molar-refractivity contribution is 5.67. The van der Waals surface area contributed by atoms with Gasteiger partial charge in [-0.3, -0.25) is 4.57 Å². The Morgan fingerprint density at radius 1 is 1.24 bits per heavy atom. The van der Waals surface area contributed by atoms with Gasteiger partial charge in [0.25, 0.3) is 0 Å². The summed E-state index contributed by atoms with van der Waals surface area (Å²) in [5, 5.41) is 8.55. The van der Waals surface area contributed by atoms with Crippen LogP contribution in [-0.2, 0) is 11.3 Å². The minimum absolute atomic E-state index is 0.275. The summed E-state index contributed by atoms with van der Waals surface area (Å²) in [7, 11) is 0. The molecule has 0 saturated carbocycles. The van der Waals surface area contributed by atoms with E-state index in [1.54, 1.807) is 38.0 Å². The van der Waals surface area contributed by atoms with Crippen molar-refractivity contribution in [1.29, 1.82) is 0 Å². The molecule has 7 nitrogen and oxygen atoms in total. The van der Waals surface area contributed by atoms with Crippen LogP contribution in [-0.4, -0.2) is 31.5 Å². The van der Waals surface area contributed by atoms with E-state index in [0.29, 0.717) is 0 Å². The van der Waals surface area contributed by atoms with E-state index in [0.717, 1.165) is 16.3 Å². The number of ether oxygens (including phenoxy) is 1. The van der Waals surface area contributed by atoms with Crippen LogP contribution < -0.4 is 5.84 Å². The highest BCUT2D eigenvalue weighted by Crippen LogP contribution is 2.12. The molecule has 112 valence electrons. The lowest BCUT2D eigenvalue weighted by atomic mass is 10.2. The van der Waals surface area contributed by atoms with Crippen LogP contribution in [0.1, 0.15) is 26.3 Å². The van der Waals surface area contributed by atoms with Crippen molar-refractivity contribution in [2.45, 2.75) is 32.9 Å². The number of hydrazine groups is 1. The van der Waals surface area contributed by atoms with Crippen LogP contribution in [0.4, 0.5) is 4.79 Å². The van der Waals surface area contributed by atoms with E-state index in [-0.39, 0.29) is 6.54 Å². The minimum atomic E-state index is -0.563. The Morgan fingerprint density at radius 2 is 1.81 bits per heavy atom. The molecule has 2 N–H and O–H groups in total. The molecule has 0 aliphatic carbocycles. The summed E-state index contributed by atoms with van der Waals surface area (Å²) in [6.07, 6.45) is 2.68. The molecule has 2 aromatic rings. The Labute approximate surface area is 123 Å². The predicted octanol–water partition coefficient (Wildman–Crippen LogP) is 1.88. The summed E-state index contributed by atoms with van der Waals surface area (Å²) >= 11 is 0. The second-order valence-electron chi connectivity index (χ2n) is 5.64. The lowest BCUT2D eigenvalue weighted by Crippen LogP contribution is -2.40. The normalized spacial score (nSPS) is 11.2. The fourth-order valence-electron chi connectivity index (χ4n) is 1.69. The summed E-state index contributed by atoms with van der Waals surface area (Å²) in [5.41, 5.74) is 1.28. The van der Waals surface area contributed by atoms with Gasteiger partial charge in [-0.2, -0.15) is 0 Å². The third kappa shape index (κ3) is 4.28. The fourth-order valence-corrected chi connectivity index (χ4v) is 1.69. The molecule has 1 aromatic heterocycles. The van der Waals surface area contributed by atoms with Gasteiger partial charge in [0.15, 0.2) is 0 Å². The van der Waals surface area contributed by atoms with Gasteiger partial charge < -0.3 is 4.74 Å². The molecule has 0 bridgehead atoms. The van der Waals surface area contributed by atoms with Crippen LogP contribution in [0.5, 0.6) is 0 Å². The molecule has 0 atom stereocenters. The molecule has 0 aliphatic rings. The second-order valence-corrected chi connectivity index (χ2v) is 5.64. The van der Waals surface area contributed by atoms with E-state index in [9.17, 15) is 4.79 Å². The van der Waals surface area contributed by atoms with Gasteiger partial charge in [-0.25, -0.2) is 15.6 Å². The first-order valence-electron chi connectivity index (χ1n) is 6.54. The van der Waals surface area contributed by atoms with Gasteiger partial charge in [-0.05, 0) is 38.5 Å². The maximum atomic E-state index is 11.8. The van der Waals surface area contributed by atoms with Gasteiger partial charge in [0.2, 0.25) is 0 Å². The molecular formula is C14H19N5O2. The quantitative estimate of drug-likeness (QED) is 0.529. The molecule has 0 saturated heterocycles. The zero-order valence-corrected chi connectivity index (χ0v) is 12.4. The highest BCUT2D eigenvalue weighted by Gasteiger charge is 2.20. The van der Waals surface area contributed by atoms with Gasteiger partial charge in [-0.15, -0.1) is 10.2 Å². The standard InChI is InChI=1S/C14H19N5O2/c1-14(2,3)21-13(20)19(15)8-11-4-6-12(7-5-11)18-9-16-17-10-18/h4-7,9-10H,8,15H2,1-3H3. The Morgan fingerprint density at radius 3 is 2.33 bits per heavy atom. The number of amides is 1. The van der Waals surface area contributed by atoms with Crippen LogP contribution in [0, 0.1) is 0 Å². The topological polar surface area (TPSA) is 86.3 Å². The number of carbonyl (C=O) groups excluding carboxylic acids is 1. The number of hydrogen-bond acceptors (Lipinski definition) is 5. The summed E-state index contributed by atoms with van der Waals surface area (Å²) in [5.74, 6) is 5.72. The number of rotatable bonds is 3. The summed E-state index contributed by atoms with van der Waals surface area (Å²) in [4.78, 5) is 11.8. The first-order chi connectivity index (χ1) is 9.85. The number of nitrogens with two attached hydrogens (primary N) is 1. The SMILES string of the molecule is CC(C)(C)OC(=O)N(N)Cc1ccc(-n2cnnc2)cc1. The third-order valence-corrected chi connectivity index (χ3v) is 2.63. The molecule has 2 rings (SSSR count). The molecule has 21 heavy (non-hydrogen) atoms. The van der Waals surface area contributed by atoms with E-state index in [4.69, 9.17) is 10.6 Å². The van der Waals surface area contributed by atoms with Gasteiger partial charge in [0.1, 0.15) is 18.3 Å². The monoisotopic (exact) mass is 289 g/mol. The number of carbonyl (C=O) groups is 1. The number of hydrogen-bond donors (Lipinski definition) is 1. The number of nitrogens with zero attached hydrogens (tertiary/aromatic N) is 4. The average Bonchev–Trinajstić information content (AvgIpc) is 2.91. The maximum absolute atomic E-state index is 11.8. The van der Waals surface area contributed by atoms with Crippen molar-refractivity contribution in [3.63, 3.8) is 0 Å². The molecule has 0 fully saturated rings. The Bertz CT molecular complexity index is 587. The molecule has 1 aromatic carbocycles. The van der Waals surface area contributed by atoms with Crippen molar-refractivity contribution in [2.24, 2.45) is 5.84 Å². The van der Waals surface area contributed by atoms with Gasteiger partial charge in [-0.1, -0.05) is 12.1 Å². The van der Waals surface area contributed by atoms with Crippen LogP contribution >= 0.6 is 0 Å². The Hall–Kier alpha value is -2.41. The first-order valence-corrected chi connectivity index (χ1v) is 6.54. The van der Waals surface area contributed by atoms with Crippen LogP contribution in [0.2, 0.25) is 0 Å². The van der Waals surface area contributed by atoms with Crippen molar-refractivity contribution in [3.8, 4) is 5.69 Å². The summed E-state index contributed by atoms with van der Waals surface area (Å²) in [6.45, 7) is 5.67. The smallest absolute Gasteiger partial charge is 0.424 e. The molecule has 0 spiro atoms. The fraction of sp³-hybridized carbons (Fsp3) is 0.357. The van der Waals surface area contributed by atoms with E-state index in [1.165, 1.54) is 0 Å². The summed E-state index contributed by atoms with van der Waals surface area (Å²) in [6, 6.07) is 7.59. The highest BCUT2D eigenvalue weighted by atomic mass is 16.6. The van der Waals surface area contributed by atoms with Crippen LogP contribution in [0.3, 0.4) is 0 Å². The first kappa shape index (κ1) is 15.0. The van der Waals surface area contributed by atoms with Crippen molar-refractivity contribution >= 4 is 6.09 Å². The second kappa shape index (κ2) is 5.92. The van der Waals surface area contributed by atoms with Crippen LogP contribution in [0.15, 0.2) is 36.9 Å². The zero-order chi connectivity index (χ0) is 15.5. The molecule has 1 heterocycles. The molecule has 7 heteroatoms. The predicted molar refractivity (Wildman–Crippen MR) is 77.3 cm³/mol. The summed E-state index contributed by atoms with van der Waals surface area (Å²) < 4.78 is 6.99. The van der Waals surface area contributed by atoms with E-state index < -0.39 is 11.7 Å². The Balaban J connectivity index is 1.98. The van der Waals surface area contributed by atoms with E-state index in [2.05, 4.69) is 10.2 Å². The zero-order valence-electron chi connectivity index (χ0n) is 12.4. The number of benzene rings is 1. The molecular weight excluding hydrogens is 270 g/mol. The van der Waals surface area contributed by atoms with E-state index >= 15 is 0 Å².